The van der Waals surface area contributed by atoms with Gasteiger partial charge in [0.25, 0.3) is 0 Å². The van der Waals surface area contributed by atoms with Crippen LogP contribution in [0.3, 0.4) is 0 Å². The first-order chi connectivity index (χ1) is 8.92. The van der Waals surface area contributed by atoms with E-state index in [0.29, 0.717) is 24.5 Å². The number of likely N-dealkylation sites (N-methyl/N-ethyl adjacent to an activating group) is 1. The van der Waals surface area contributed by atoms with E-state index in [2.05, 4.69) is 5.32 Å². The SMILES string of the molecule is COc1ccc(CN(C)CC(=O)NC(C)C)cc1N. The lowest BCUT2D eigenvalue weighted by molar-refractivity contribution is -0.122. The van der Waals surface area contributed by atoms with Crippen LogP contribution in [0.5, 0.6) is 5.75 Å². The minimum Gasteiger partial charge on any atom is -0.495 e. The molecule has 106 valence electrons. The van der Waals surface area contributed by atoms with Crippen molar-refractivity contribution in [1.82, 2.24) is 10.2 Å². The van der Waals surface area contributed by atoms with E-state index in [4.69, 9.17) is 10.5 Å². The van der Waals surface area contributed by atoms with Crippen molar-refractivity contribution in [3.05, 3.63) is 23.8 Å². The van der Waals surface area contributed by atoms with Crippen molar-refractivity contribution in [3.8, 4) is 5.75 Å². The molecular weight excluding hydrogens is 242 g/mol. The summed E-state index contributed by atoms with van der Waals surface area (Å²) in [5.74, 6) is 0.697. The number of nitrogens with zero attached hydrogens (tertiary/aromatic N) is 1. The predicted octanol–water partition coefficient (Wildman–Crippen LogP) is 1.23. The molecule has 0 saturated carbocycles. The second kappa shape index (κ2) is 6.99. The highest BCUT2D eigenvalue weighted by Crippen LogP contribution is 2.22. The summed E-state index contributed by atoms with van der Waals surface area (Å²) < 4.78 is 5.11. The number of nitrogens with one attached hydrogen (secondary N) is 1. The molecule has 1 aromatic carbocycles. The summed E-state index contributed by atoms with van der Waals surface area (Å²) in [5.41, 5.74) is 7.52. The quantitative estimate of drug-likeness (QED) is 0.759. The molecule has 1 aromatic rings. The van der Waals surface area contributed by atoms with Gasteiger partial charge >= 0.3 is 0 Å². The van der Waals surface area contributed by atoms with Gasteiger partial charge in [-0.2, -0.15) is 0 Å². The van der Waals surface area contributed by atoms with Crippen molar-refractivity contribution in [2.24, 2.45) is 0 Å². The zero-order valence-electron chi connectivity index (χ0n) is 12.1. The third kappa shape index (κ3) is 5.18. The van der Waals surface area contributed by atoms with Crippen LogP contribution in [0.25, 0.3) is 0 Å². The lowest BCUT2D eigenvalue weighted by Crippen LogP contribution is -2.38. The van der Waals surface area contributed by atoms with E-state index in [9.17, 15) is 4.79 Å². The third-order valence-corrected chi connectivity index (χ3v) is 2.61. The molecule has 0 aliphatic rings. The van der Waals surface area contributed by atoms with E-state index in [1.165, 1.54) is 0 Å². The summed E-state index contributed by atoms with van der Waals surface area (Å²) in [6, 6.07) is 5.83. The Morgan fingerprint density at radius 3 is 2.68 bits per heavy atom. The van der Waals surface area contributed by atoms with Gasteiger partial charge in [-0.05, 0) is 38.6 Å². The molecule has 0 saturated heterocycles. The van der Waals surface area contributed by atoms with Gasteiger partial charge in [-0.3, -0.25) is 9.69 Å². The fourth-order valence-corrected chi connectivity index (χ4v) is 1.86. The molecule has 0 aliphatic carbocycles. The van der Waals surface area contributed by atoms with Gasteiger partial charge in [0.15, 0.2) is 0 Å². The van der Waals surface area contributed by atoms with E-state index < -0.39 is 0 Å². The summed E-state index contributed by atoms with van der Waals surface area (Å²) in [7, 11) is 3.49. The molecule has 0 unspecified atom stereocenters. The van der Waals surface area contributed by atoms with Gasteiger partial charge in [-0.25, -0.2) is 0 Å². The maximum Gasteiger partial charge on any atom is 0.234 e. The fourth-order valence-electron chi connectivity index (χ4n) is 1.86. The van der Waals surface area contributed by atoms with Gasteiger partial charge < -0.3 is 15.8 Å². The first kappa shape index (κ1) is 15.3. The van der Waals surface area contributed by atoms with E-state index >= 15 is 0 Å². The molecule has 0 heterocycles. The molecule has 19 heavy (non-hydrogen) atoms. The van der Waals surface area contributed by atoms with Crippen molar-refractivity contribution >= 4 is 11.6 Å². The summed E-state index contributed by atoms with van der Waals surface area (Å²) in [4.78, 5) is 13.6. The zero-order chi connectivity index (χ0) is 14.4. The number of hydrogen-bond acceptors (Lipinski definition) is 4. The van der Waals surface area contributed by atoms with Crippen LogP contribution in [0.1, 0.15) is 19.4 Å². The van der Waals surface area contributed by atoms with E-state index in [0.717, 1.165) is 5.56 Å². The van der Waals surface area contributed by atoms with Crippen molar-refractivity contribution in [2.45, 2.75) is 26.4 Å². The minimum absolute atomic E-state index is 0.0268. The molecule has 3 N–H and O–H groups in total. The lowest BCUT2D eigenvalue weighted by Gasteiger charge is -2.18. The molecular formula is C14H23N3O2. The topological polar surface area (TPSA) is 67.6 Å². The van der Waals surface area contributed by atoms with Crippen LogP contribution in [0.15, 0.2) is 18.2 Å². The summed E-state index contributed by atoms with van der Waals surface area (Å²) in [6.07, 6.45) is 0. The van der Waals surface area contributed by atoms with Crippen molar-refractivity contribution < 1.29 is 9.53 Å². The number of rotatable bonds is 6. The number of nitrogen functional groups attached to an aromatic ring is 1. The Morgan fingerprint density at radius 2 is 2.16 bits per heavy atom. The number of carbonyl (C=O) groups excluding carboxylic acids is 1. The molecule has 0 aromatic heterocycles. The Kier molecular flexibility index (Phi) is 5.63. The highest BCUT2D eigenvalue weighted by atomic mass is 16.5. The van der Waals surface area contributed by atoms with Gasteiger partial charge in [0.1, 0.15) is 5.75 Å². The Bertz CT molecular complexity index is 433. The van der Waals surface area contributed by atoms with Gasteiger partial charge in [-0.1, -0.05) is 6.07 Å². The summed E-state index contributed by atoms with van der Waals surface area (Å²) >= 11 is 0. The number of anilines is 1. The largest absolute Gasteiger partial charge is 0.495 e. The predicted molar refractivity (Wildman–Crippen MR) is 77.0 cm³/mol. The third-order valence-electron chi connectivity index (χ3n) is 2.61. The smallest absolute Gasteiger partial charge is 0.234 e. The minimum atomic E-state index is 0.0268. The standard InChI is InChI=1S/C14H23N3O2/c1-10(2)16-14(18)9-17(3)8-11-5-6-13(19-4)12(15)7-11/h5-7,10H,8-9,15H2,1-4H3,(H,16,18). The van der Waals surface area contributed by atoms with Gasteiger partial charge in [0.2, 0.25) is 5.91 Å². The number of amides is 1. The van der Waals surface area contributed by atoms with Crippen LogP contribution in [0.2, 0.25) is 0 Å². The Hall–Kier alpha value is -1.75. The second-order valence-corrected chi connectivity index (χ2v) is 4.97. The van der Waals surface area contributed by atoms with Gasteiger partial charge in [0.05, 0.1) is 19.3 Å². The monoisotopic (exact) mass is 265 g/mol. The van der Waals surface area contributed by atoms with Gasteiger partial charge in [0, 0.05) is 12.6 Å². The number of methoxy groups -OCH3 is 1. The van der Waals surface area contributed by atoms with Crippen LogP contribution < -0.4 is 15.8 Å². The average molecular weight is 265 g/mol. The first-order valence-electron chi connectivity index (χ1n) is 6.32. The Balaban J connectivity index is 2.54. The van der Waals surface area contributed by atoms with E-state index in [1.807, 2.05) is 44.0 Å². The zero-order valence-corrected chi connectivity index (χ0v) is 12.1. The molecule has 0 aliphatic heterocycles. The number of ether oxygens (including phenoxy) is 1. The van der Waals surface area contributed by atoms with Crippen LogP contribution >= 0.6 is 0 Å². The van der Waals surface area contributed by atoms with Crippen molar-refractivity contribution in [1.29, 1.82) is 0 Å². The van der Waals surface area contributed by atoms with Crippen molar-refractivity contribution in [2.75, 3.05) is 26.4 Å². The molecule has 1 rings (SSSR count). The fraction of sp³-hybridized carbons (Fsp3) is 0.500. The maximum absolute atomic E-state index is 11.6. The van der Waals surface area contributed by atoms with Crippen LogP contribution in [0.4, 0.5) is 5.69 Å². The second-order valence-electron chi connectivity index (χ2n) is 4.97. The Morgan fingerprint density at radius 1 is 1.47 bits per heavy atom. The lowest BCUT2D eigenvalue weighted by atomic mass is 10.2. The maximum atomic E-state index is 11.6. The number of hydrogen-bond donors (Lipinski definition) is 2. The van der Waals surface area contributed by atoms with Crippen LogP contribution in [0, 0.1) is 0 Å². The molecule has 0 radical (unpaired) electrons. The Labute approximate surface area is 114 Å². The summed E-state index contributed by atoms with van der Waals surface area (Å²) in [6.45, 7) is 4.92. The molecule has 5 heteroatoms. The average Bonchev–Trinajstić information content (AvgIpc) is 2.27. The summed E-state index contributed by atoms with van der Waals surface area (Å²) in [5, 5.41) is 2.86. The normalized spacial score (nSPS) is 10.8. The van der Waals surface area contributed by atoms with Crippen LogP contribution in [-0.4, -0.2) is 37.6 Å². The number of nitrogens with two attached hydrogens (primary N) is 1. The molecule has 0 fully saturated rings. The number of carbonyl (C=O) groups is 1. The van der Waals surface area contributed by atoms with Crippen molar-refractivity contribution in [3.63, 3.8) is 0 Å². The molecule has 0 atom stereocenters. The highest BCUT2D eigenvalue weighted by Gasteiger charge is 2.09. The molecule has 5 nitrogen and oxygen atoms in total. The van der Waals surface area contributed by atoms with Gasteiger partial charge in [-0.15, -0.1) is 0 Å². The molecule has 1 amide bonds. The van der Waals surface area contributed by atoms with E-state index in [-0.39, 0.29) is 11.9 Å². The molecule has 0 spiro atoms. The highest BCUT2D eigenvalue weighted by molar-refractivity contribution is 5.78. The van der Waals surface area contributed by atoms with Crippen LogP contribution in [-0.2, 0) is 11.3 Å². The molecule has 0 bridgehead atoms. The first-order valence-corrected chi connectivity index (χ1v) is 6.32. The number of benzene rings is 1. The van der Waals surface area contributed by atoms with E-state index in [1.54, 1.807) is 7.11 Å².